The van der Waals surface area contributed by atoms with Gasteiger partial charge in [-0.2, -0.15) is 0 Å². The van der Waals surface area contributed by atoms with Crippen molar-refractivity contribution < 1.29 is 4.79 Å². The average molecular weight is 321 g/mol. The predicted octanol–water partition coefficient (Wildman–Crippen LogP) is 2.35. The van der Waals surface area contributed by atoms with Crippen LogP contribution in [-0.2, 0) is 7.05 Å². The number of imidazole rings is 1. The Hall–Kier alpha value is -3.02. The van der Waals surface area contributed by atoms with Crippen LogP contribution in [0.1, 0.15) is 39.4 Å². The Bertz CT molecular complexity index is 837. The van der Waals surface area contributed by atoms with Crippen molar-refractivity contribution in [3.05, 3.63) is 77.4 Å². The van der Waals surface area contributed by atoms with Crippen LogP contribution in [0.5, 0.6) is 0 Å². The largest absolute Gasteiger partial charge is 0.337 e. The van der Waals surface area contributed by atoms with Gasteiger partial charge in [0.25, 0.3) is 5.91 Å². The third kappa shape index (κ3) is 3.32. The first-order valence-corrected chi connectivity index (χ1v) is 7.70. The highest BCUT2D eigenvalue weighted by Crippen LogP contribution is 2.20. The molecule has 0 fully saturated rings. The van der Waals surface area contributed by atoms with E-state index < -0.39 is 0 Å². The van der Waals surface area contributed by atoms with Crippen LogP contribution in [0.3, 0.4) is 0 Å². The molecule has 0 aliphatic heterocycles. The first-order valence-electron chi connectivity index (χ1n) is 7.70. The summed E-state index contributed by atoms with van der Waals surface area (Å²) in [5, 5.41) is 3.03. The SMILES string of the molecule is Cc1cc(C(=O)NC(c2ccccc2)c2nccn2C)nc(C)n1. The number of carbonyl (C=O) groups is 1. The Morgan fingerprint density at radius 3 is 2.54 bits per heavy atom. The highest BCUT2D eigenvalue weighted by atomic mass is 16.2. The van der Waals surface area contributed by atoms with Crippen LogP contribution in [0.2, 0.25) is 0 Å². The molecular weight excluding hydrogens is 302 g/mol. The lowest BCUT2D eigenvalue weighted by molar-refractivity contribution is 0.0935. The van der Waals surface area contributed by atoms with E-state index in [0.717, 1.165) is 17.1 Å². The van der Waals surface area contributed by atoms with Crippen LogP contribution >= 0.6 is 0 Å². The van der Waals surface area contributed by atoms with E-state index in [9.17, 15) is 4.79 Å². The van der Waals surface area contributed by atoms with Crippen LogP contribution < -0.4 is 5.32 Å². The van der Waals surface area contributed by atoms with E-state index in [2.05, 4.69) is 20.3 Å². The lowest BCUT2D eigenvalue weighted by atomic mass is 10.1. The Morgan fingerprint density at radius 1 is 1.17 bits per heavy atom. The minimum absolute atomic E-state index is 0.250. The Kier molecular flexibility index (Phi) is 4.37. The molecule has 2 aromatic heterocycles. The van der Waals surface area contributed by atoms with E-state index in [0.29, 0.717) is 11.5 Å². The van der Waals surface area contributed by atoms with Crippen LogP contribution in [0.4, 0.5) is 0 Å². The number of nitrogens with zero attached hydrogens (tertiary/aromatic N) is 4. The lowest BCUT2D eigenvalue weighted by Crippen LogP contribution is -2.32. The molecule has 24 heavy (non-hydrogen) atoms. The highest BCUT2D eigenvalue weighted by molar-refractivity contribution is 5.92. The van der Waals surface area contributed by atoms with E-state index in [-0.39, 0.29) is 11.9 Å². The molecule has 0 radical (unpaired) electrons. The molecule has 0 saturated carbocycles. The number of hydrogen-bond donors (Lipinski definition) is 1. The van der Waals surface area contributed by atoms with Crippen LogP contribution in [0, 0.1) is 13.8 Å². The molecule has 6 heteroatoms. The van der Waals surface area contributed by atoms with Crippen molar-refractivity contribution in [2.75, 3.05) is 0 Å². The number of rotatable bonds is 4. The van der Waals surface area contributed by atoms with Gasteiger partial charge >= 0.3 is 0 Å². The maximum Gasteiger partial charge on any atom is 0.270 e. The molecular formula is C18H19N5O. The quantitative estimate of drug-likeness (QED) is 0.800. The fourth-order valence-electron chi connectivity index (χ4n) is 2.64. The van der Waals surface area contributed by atoms with Crippen molar-refractivity contribution >= 4 is 5.91 Å². The standard InChI is InChI=1S/C18H19N5O/c1-12-11-15(21-13(2)20-12)18(24)22-16(14-7-5-4-6-8-14)17-19-9-10-23(17)3/h4-11,16H,1-3H3,(H,22,24). The molecule has 3 aromatic rings. The molecule has 1 atom stereocenters. The number of aromatic nitrogens is 4. The van der Waals surface area contributed by atoms with Gasteiger partial charge in [0.2, 0.25) is 0 Å². The first-order chi connectivity index (χ1) is 11.5. The van der Waals surface area contributed by atoms with Crippen molar-refractivity contribution in [3.8, 4) is 0 Å². The summed E-state index contributed by atoms with van der Waals surface area (Å²) in [5.41, 5.74) is 2.08. The van der Waals surface area contributed by atoms with Crippen molar-refractivity contribution in [1.29, 1.82) is 0 Å². The molecule has 0 aliphatic rings. The maximum atomic E-state index is 12.7. The zero-order valence-corrected chi connectivity index (χ0v) is 13.9. The number of benzene rings is 1. The molecule has 1 unspecified atom stereocenters. The summed E-state index contributed by atoms with van der Waals surface area (Å²) in [4.78, 5) is 25.5. The van der Waals surface area contributed by atoms with E-state index in [1.807, 2.05) is 55.1 Å². The normalized spacial score (nSPS) is 12.0. The molecule has 3 rings (SSSR count). The van der Waals surface area contributed by atoms with E-state index >= 15 is 0 Å². The second-order valence-corrected chi connectivity index (χ2v) is 5.66. The molecule has 0 saturated heterocycles. The van der Waals surface area contributed by atoms with Crippen molar-refractivity contribution in [2.45, 2.75) is 19.9 Å². The lowest BCUT2D eigenvalue weighted by Gasteiger charge is -2.19. The van der Waals surface area contributed by atoms with Crippen LogP contribution in [-0.4, -0.2) is 25.4 Å². The first kappa shape index (κ1) is 15.9. The van der Waals surface area contributed by atoms with Gasteiger partial charge in [0.05, 0.1) is 0 Å². The highest BCUT2D eigenvalue weighted by Gasteiger charge is 2.22. The molecule has 6 nitrogen and oxygen atoms in total. The van der Waals surface area contributed by atoms with E-state index in [1.165, 1.54) is 0 Å². The molecule has 1 N–H and O–H groups in total. The summed E-state index contributed by atoms with van der Waals surface area (Å²) in [5.74, 6) is 1.09. The number of aryl methyl sites for hydroxylation is 3. The van der Waals surface area contributed by atoms with Gasteiger partial charge in [0.1, 0.15) is 23.4 Å². The molecule has 0 spiro atoms. The minimum atomic E-state index is -0.353. The predicted molar refractivity (Wildman–Crippen MR) is 90.5 cm³/mol. The fraction of sp³-hybridized carbons (Fsp3) is 0.222. The summed E-state index contributed by atoms with van der Waals surface area (Å²) in [6, 6.07) is 11.1. The summed E-state index contributed by atoms with van der Waals surface area (Å²) in [6.45, 7) is 3.62. The molecule has 1 aromatic carbocycles. The molecule has 1 amide bonds. The van der Waals surface area contributed by atoms with Gasteiger partial charge in [-0.3, -0.25) is 4.79 Å². The van der Waals surface area contributed by atoms with E-state index in [1.54, 1.807) is 19.2 Å². The van der Waals surface area contributed by atoms with Crippen molar-refractivity contribution in [2.24, 2.45) is 7.05 Å². The number of nitrogens with one attached hydrogen (secondary N) is 1. The molecule has 0 aliphatic carbocycles. The third-order valence-electron chi connectivity index (χ3n) is 3.72. The van der Waals surface area contributed by atoms with Gasteiger partial charge < -0.3 is 9.88 Å². The smallest absolute Gasteiger partial charge is 0.270 e. The second kappa shape index (κ2) is 6.62. The maximum absolute atomic E-state index is 12.7. The summed E-state index contributed by atoms with van der Waals surface area (Å²) in [6.07, 6.45) is 3.58. The summed E-state index contributed by atoms with van der Waals surface area (Å²) < 4.78 is 1.90. The number of carbonyl (C=O) groups excluding carboxylic acids is 1. The van der Waals surface area contributed by atoms with Gasteiger partial charge in [-0.05, 0) is 25.5 Å². The summed E-state index contributed by atoms with van der Waals surface area (Å²) >= 11 is 0. The second-order valence-electron chi connectivity index (χ2n) is 5.66. The van der Waals surface area contributed by atoms with Gasteiger partial charge in [-0.15, -0.1) is 0 Å². The summed E-state index contributed by atoms with van der Waals surface area (Å²) in [7, 11) is 1.91. The van der Waals surface area contributed by atoms with Crippen molar-refractivity contribution in [3.63, 3.8) is 0 Å². The van der Waals surface area contributed by atoms with Crippen LogP contribution in [0.25, 0.3) is 0 Å². The van der Waals surface area contributed by atoms with Gasteiger partial charge in [-0.25, -0.2) is 15.0 Å². The fourth-order valence-corrected chi connectivity index (χ4v) is 2.64. The Morgan fingerprint density at radius 2 is 1.92 bits per heavy atom. The third-order valence-corrected chi connectivity index (χ3v) is 3.72. The molecule has 0 bridgehead atoms. The minimum Gasteiger partial charge on any atom is -0.337 e. The molecule has 2 heterocycles. The number of hydrogen-bond acceptors (Lipinski definition) is 4. The monoisotopic (exact) mass is 321 g/mol. The van der Waals surface area contributed by atoms with Gasteiger partial charge in [0.15, 0.2) is 0 Å². The zero-order chi connectivity index (χ0) is 17.1. The zero-order valence-electron chi connectivity index (χ0n) is 13.9. The van der Waals surface area contributed by atoms with Gasteiger partial charge in [0, 0.05) is 25.1 Å². The Labute approximate surface area is 140 Å². The Balaban J connectivity index is 1.95. The number of amides is 1. The molecule has 122 valence electrons. The van der Waals surface area contributed by atoms with Crippen LogP contribution in [0.15, 0.2) is 48.8 Å². The van der Waals surface area contributed by atoms with E-state index in [4.69, 9.17) is 0 Å². The van der Waals surface area contributed by atoms with Crippen molar-refractivity contribution in [1.82, 2.24) is 24.8 Å². The van der Waals surface area contributed by atoms with Gasteiger partial charge in [-0.1, -0.05) is 30.3 Å². The topological polar surface area (TPSA) is 72.7 Å². The average Bonchev–Trinajstić information content (AvgIpc) is 2.98.